The van der Waals surface area contributed by atoms with Gasteiger partial charge in [0.05, 0.1) is 6.04 Å². The van der Waals surface area contributed by atoms with Crippen molar-refractivity contribution in [3.05, 3.63) is 60.3 Å². The molecule has 2 atom stereocenters. The van der Waals surface area contributed by atoms with Gasteiger partial charge < -0.3 is 10.6 Å². The number of likely N-dealkylation sites (tertiary alicyclic amines) is 1. The monoisotopic (exact) mass is 381 g/mol. The summed E-state index contributed by atoms with van der Waals surface area (Å²) < 4.78 is 0. The van der Waals surface area contributed by atoms with E-state index in [0.29, 0.717) is 12.5 Å². The number of carbonyl (C=O) groups is 2. The first-order valence-electron chi connectivity index (χ1n) is 9.63. The third-order valence-electron chi connectivity index (χ3n) is 5.01. The lowest BCUT2D eigenvalue weighted by atomic mass is 10.1. The molecule has 1 saturated heterocycles. The predicted octanol–water partition coefficient (Wildman–Crippen LogP) is 2.23. The zero-order valence-corrected chi connectivity index (χ0v) is 16.1. The summed E-state index contributed by atoms with van der Waals surface area (Å²) in [5, 5.41) is 8.50. The number of hydrogen-bond acceptors (Lipinski definition) is 5. The van der Waals surface area contributed by atoms with Crippen molar-refractivity contribution in [3.63, 3.8) is 0 Å². The minimum absolute atomic E-state index is 0.274. The number of nitrogens with one attached hydrogen (secondary N) is 3. The van der Waals surface area contributed by atoms with Crippen LogP contribution < -0.4 is 16.0 Å². The number of carbonyl (C=O) groups excluding carboxylic acids is 2. The van der Waals surface area contributed by atoms with Gasteiger partial charge in [-0.2, -0.15) is 0 Å². The van der Waals surface area contributed by atoms with Gasteiger partial charge in [0.25, 0.3) is 0 Å². The van der Waals surface area contributed by atoms with Crippen LogP contribution in [0.1, 0.15) is 18.9 Å². The number of urea groups is 1. The van der Waals surface area contributed by atoms with Crippen LogP contribution in [-0.2, 0) is 11.3 Å². The lowest BCUT2D eigenvalue weighted by Gasteiger charge is -2.23. The maximum Gasteiger partial charge on any atom is 0.321 e. The first-order chi connectivity index (χ1) is 13.6. The van der Waals surface area contributed by atoms with Gasteiger partial charge in [-0.05, 0) is 43.5 Å². The number of rotatable bonds is 7. The van der Waals surface area contributed by atoms with E-state index in [1.54, 1.807) is 6.20 Å². The molecule has 1 aliphatic heterocycles. The minimum Gasteiger partial charge on any atom is -0.370 e. The Balaban J connectivity index is 1.39. The zero-order valence-electron chi connectivity index (χ0n) is 16.1. The number of aromatic nitrogens is 1. The second-order valence-corrected chi connectivity index (χ2v) is 7.08. The second-order valence-electron chi connectivity index (χ2n) is 7.08. The Hall–Kier alpha value is -2.93. The molecule has 148 valence electrons. The molecule has 1 fully saturated rings. The summed E-state index contributed by atoms with van der Waals surface area (Å²) in [6.45, 7) is 4.71. The molecule has 1 aliphatic rings. The SMILES string of the molecule is CC(C(=O)NC(=O)NCc1ccccc1)N1CCC(CNc2ccccn2)C1. The van der Waals surface area contributed by atoms with E-state index in [9.17, 15) is 9.59 Å². The third-order valence-corrected chi connectivity index (χ3v) is 5.01. The number of imide groups is 1. The minimum atomic E-state index is -0.465. The Labute approximate surface area is 165 Å². The second kappa shape index (κ2) is 9.85. The van der Waals surface area contributed by atoms with E-state index in [-0.39, 0.29) is 11.9 Å². The molecule has 3 rings (SSSR count). The molecule has 3 N–H and O–H groups in total. The van der Waals surface area contributed by atoms with Crippen molar-refractivity contribution in [1.82, 2.24) is 20.5 Å². The zero-order chi connectivity index (χ0) is 19.8. The van der Waals surface area contributed by atoms with Crippen molar-refractivity contribution in [2.75, 3.05) is 25.0 Å². The molecular formula is C21H27N5O2. The number of hydrogen-bond donors (Lipinski definition) is 3. The Bertz CT molecular complexity index is 769. The molecule has 0 saturated carbocycles. The van der Waals surface area contributed by atoms with Crippen LogP contribution in [0.2, 0.25) is 0 Å². The third kappa shape index (κ3) is 5.79. The number of anilines is 1. The molecule has 0 bridgehead atoms. The van der Waals surface area contributed by atoms with Crippen molar-refractivity contribution in [3.8, 4) is 0 Å². The van der Waals surface area contributed by atoms with Gasteiger partial charge in [-0.3, -0.25) is 15.0 Å². The van der Waals surface area contributed by atoms with E-state index in [1.165, 1.54) is 0 Å². The molecule has 0 spiro atoms. The largest absolute Gasteiger partial charge is 0.370 e. The Kier molecular flexibility index (Phi) is 6.97. The first-order valence-corrected chi connectivity index (χ1v) is 9.63. The van der Waals surface area contributed by atoms with Crippen LogP contribution in [0.5, 0.6) is 0 Å². The quantitative estimate of drug-likeness (QED) is 0.685. The Morgan fingerprint density at radius 2 is 1.96 bits per heavy atom. The van der Waals surface area contributed by atoms with Gasteiger partial charge >= 0.3 is 6.03 Å². The topological polar surface area (TPSA) is 86.4 Å². The number of benzene rings is 1. The van der Waals surface area contributed by atoms with Crippen LogP contribution in [0.15, 0.2) is 54.7 Å². The molecule has 1 aromatic heterocycles. The van der Waals surface area contributed by atoms with E-state index < -0.39 is 6.03 Å². The van der Waals surface area contributed by atoms with Gasteiger partial charge in [0.1, 0.15) is 5.82 Å². The molecule has 7 nitrogen and oxygen atoms in total. The van der Waals surface area contributed by atoms with E-state index in [2.05, 4.69) is 25.8 Å². The predicted molar refractivity (Wildman–Crippen MR) is 109 cm³/mol. The summed E-state index contributed by atoms with van der Waals surface area (Å²) in [4.78, 5) is 30.8. The molecule has 2 aromatic rings. The summed E-state index contributed by atoms with van der Waals surface area (Å²) in [5.41, 5.74) is 0.987. The fourth-order valence-corrected chi connectivity index (χ4v) is 3.30. The molecule has 2 unspecified atom stereocenters. The van der Waals surface area contributed by atoms with Crippen LogP contribution in [0.25, 0.3) is 0 Å². The van der Waals surface area contributed by atoms with Crippen LogP contribution >= 0.6 is 0 Å². The molecule has 7 heteroatoms. The highest BCUT2D eigenvalue weighted by molar-refractivity contribution is 5.96. The number of nitrogens with zero attached hydrogens (tertiary/aromatic N) is 2. The molecule has 2 heterocycles. The molecule has 0 radical (unpaired) electrons. The van der Waals surface area contributed by atoms with Crippen molar-refractivity contribution in [2.45, 2.75) is 25.9 Å². The van der Waals surface area contributed by atoms with Gasteiger partial charge in [0.15, 0.2) is 0 Å². The lowest BCUT2D eigenvalue weighted by Crippen LogP contribution is -2.49. The summed E-state index contributed by atoms with van der Waals surface area (Å²) >= 11 is 0. The summed E-state index contributed by atoms with van der Waals surface area (Å²) in [6, 6.07) is 14.6. The van der Waals surface area contributed by atoms with Gasteiger partial charge in [0.2, 0.25) is 5.91 Å². The van der Waals surface area contributed by atoms with E-state index in [0.717, 1.165) is 37.4 Å². The smallest absolute Gasteiger partial charge is 0.321 e. The van der Waals surface area contributed by atoms with E-state index >= 15 is 0 Å². The van der Waals surface area contributed by atoms with Gasteiger partial charge in [0, 0.05) is 25.8 Å². The van der Waals surface area contributed by atoms with Crippen LogP contribution in [0.3, 0.4) is 0 Å². The van der Waals surface area contributed by atoms with Crippen LogP contribution in [-0.4, -0.2) is 47.5 Å². The van der Waals surface area contributed by atoms with Crippen molar-refractivity contribution in [1.29, 1.82) is 0 Å². The van der Waals surface area contributed by atoms with Gasteiger partial charge in [-0.25, -0.2) is 9.78 Å². The molecule has 3 amide bonds. The van der Waals surface area contributed by atoms with Crippen LogP contribution in [0, 0.1) is 5.92 Å². The fraction of sp³-hybridized carbons (Fsp3) is 0.381. The summed E-state index contributed by atoms with van der Waals surface area (Å²) in [6.07, 6.45) is 2.77. The fourth-order valence-electron chi connectivity index (χ4n) is 3.30. The normalized spacial score (nSPS) is 17.7. The van der Waals surface area contributed by atoms with E-state index in [4.69, 9.17) is 0 Å². The Morgan fingerprint density at radius 1 is 1.18 bits per heavy atom. The van der Waals surface area contributed by atoms with Crippen molar-refractivity contribution >= 4 is 17.8 Å². The molecule has 1 aromatic carbocycles. The maximum absolute atomic E-state index is 12.4. The lowest BCUT2D eigenvalue weighted by molar-refractivity contribution is -0.124. The highest BCUT2D eigenvalue weighted by atomic mass is 16.2. The number of amides is 3. The van der Waals surface area contributed by atoms with Crippen molar-refractivity contribution in [2.24, 2.45) is 5.92 Å². The molecule has 28 heavy (non-hydrogen) atoms. The highest BCUT2D eigenvalue weighted by Gasteiger charge is 2.30. The summed E-state index contributed by atoms with van der Waals surface area (Å²) in [7, 11) is 0. The van der Waals surface area contributed by atoms with Crippen molar-refractivity contribution < 1.29 is 9.59 Å². The Morgan fingerprint density at radius 3 is 2.71 bits per heavy atom. The average Bonchev–Trinajstić information content (AvgIpc) is 3.20. The van der Waals surface area contributed by atoms with Gasteiger partial charge in [-0.1, -0.05) is 36.4 Å². The van der Waals surface area contributed by atoms with Crippen LogP contribution in [0.4, 0.5) is 10.6 Å². The summed E-state index contributed by atoms with van der Waals surface area (Å²) in [5.74, 6) is 1.04. The molecular weight excluding hydrogens is 354 g/mol. The first kappa shape index (κ1) is 19.8. The standard InChI is InChI=1S/C21H27N5O2/c1-16(20(27)25-21(28)24-13-17-7-3-2-4-8-17)26-12-10-18(15-26)14-23-19-9-5-6-11-22-19/h2-9,11,16,18H,10,12-15H2,1H3,(H,22,23)(H2,24,25,27,28). The van der Waals surface area contributed by atoms with Gasteiger partial charge in [-0.15, -0.1) is 0 Å². The maximum atomic E-state index is 12.4. The molecule has 0 aliphatic carbocycles. The van der Waals surface area contributed by atoms with E-state index in [1.807, 2.05) is 55.5 Å². The average molecular weight is 381 g/mol. The number of pyridine rings is 1. The highest BCUT2D eigenvalue weighted by Crippen LogP contribution is 2.19.